The summed E-state index contributed by atoms with van der Waals surface area (Å²) in [4.78, 5) is 11.5. The second-order valence-electron chi connectivity index (χ2n) is 7.72. The van der Waals surface area contributed by atoms with Gasteiger partial charge in [-0.25, -0.2) is 0 Å². The molecule has 29 heavy (non-hydrogen) atoms. The molecule has 0 saturated carbocycles. The monoisotopic (exact) mass is 418 g/mol. The van der Waals surface area contributed by atoms with E-state index in [9.17, 15) is 25.2 Å². The lowest BCUT2D eigenvalue weighted by Gasteiger charge is -2.43. The Morgan fingerprint density at radius 1 is 1.14 bits per heavy atom. The van der Waals surface area contributed by atoms with E-state index in [4.69, 9.17) is 14.2 Å². The molecule has 2 rings (SSSR count). The summed E-state index contributed by atoms with van der Waals surface area (Å²) >= 11 is 0. The molecule has 10 nitrogen and oxygen atoms in total. The van der Waals surface area contributed by atoms with Crippen LogP contribution >= 0.6 is 0 Å². The molecule has 1 amide bonds. The highest BCUT2D eigenvalue weighted by Gasteiger charge is 2.42. The fraction of sp³-hybridized carbons (Fsp3) is 0.842. The van der Waals surface area contributed by atoms with Gasteiger partial charge in [0.25, 0.3) is 0 Å². The van der Waals surface area contributed by atoms with E-state index in [1.807, 2.05) is 0 Å². The minimum absolute atomic E-state index is 0.00899. The summed E-state index contributed by atoms with van der Waals surface area (Å²) in [7, 11) is 0. The van der Waals surface area contributed by atoms with E-state index in [0.717, 1.165) is 0 Å². The molecule has 0 spiro atoms. The topological polar surface area (TPSA) is 150 Å². The van der Waals surface area contributed by atoms with Crippen molar-refractivity contribution in [3.8, 4) is 0 Å². The Morgan fingerprint density at radius 2 is 1.86 bits per heavy atom. The number of aliphatic hydroxyl groups is 4. The van der Waals surface area contributed by atoms with Crippen LogP contribution in [0.25, 0.3) is 0 Å². The van der Waals surface area contributed by atoms with Gasteiger partial charge in [-0.2, -0.15) is 0 Å². The maximum absolute atomic E-state index is 11.5. The van der Waals surface area contributed by atoms with E-state index in [-0.39, 0.29) is 37.8 Å². The van der Waals surface area contributed by atoms with Crippen LogP contribution < -0.4 is 10.6 Å². The van der Waals surface area contributed by atoms with E-state index in [2.05, 4.69) is 17.2 Å². The summed E-state index contributed by atoms with van der Waals surface area (Å²) in [5.41, 5.74) is 0.422. The van der Waals surface area contributed by atoms with Gasteiger partial charge < -0.3 is 45.3 Å². The van der Waals surface area contributed by atoms with Crippen molar-refractivity contribution in [2.75, 3.05) is 26.2 Å². The minimum Gasteiger partial charge on any atom is -0.394 e. The van der Waals surface area contributed by atoms with Gasteiger partial charge >= 0.3 is 0 Å². The molecule has 0 aromatic carbocycles. The molecule has 8 unspecified atom stereocenters. The molecule has 2 aliphatic heterocycles. The van der Waals surface area contributed by atoms with Gasteiger partial charge in [-0.15, -0.1) is 0 Å². The standard InChI is InChI=1S/C19H34N2O8/c1-10(2)19(26)21-5-4-20-8-14-18(13(24)6-16(25)27-14)29-17-7-12(23)11(3)15(9-22)28-17/h11-18,20,22-25H,1,4-9H2,2-3H3,(H,21,26). The molecular weight excluding hydrogens is 384 g/mol. The molecule has 0 aliphatic carbocycles. The zero-order chi connectivity index (χ0) is 21.6. The highest BCUT2D eigenvalue weighted by Crippen LogP contribution is 2.30. The number of carbonyl (C=O) groups excluding carboxylic acids is 1. The van der Waals surface area contributed by atoms with Crippen molar-refractivity contribution in [2.24, 2.45) is 5.92 Å². The van der Waals surface area contributed by atoms with E-state index in [1.165, 1.54) is 0 Å². The average Bonchev–Trinajstić information content (AvgIpc) is 2.66. The molecule has 0 radical (unpaired) electrons. The van der Waals surface area contributed by atoms with Crippen LogP contribution in [0, 0.1) is 5.92 Å². The normalized spacial score (nSPS) is 37.9. The van der Waals surface area contributed by atoms with Gasteiger partial charge in [0.2, 0.25) is 5.91 Å². The Bertz CT molecular complexity index is 548. The molecule has 8 atom stereocenters. The van der Waals surface area contributed by atoms with Gasteiger partial charge in [-0.1, -0.05) is 13.5 Å². The first-order valence-electron chi connectivity index (χ1n) is 9.98. The summed E-state index contributed by atoms with van der Waals surface area (Å²) in [5, 5.41) is 45.6. The first kappa shape index (κ1) is 24.2. The molecule has 0 bridgehead atoms. The Balaban J connectivity index is 1.88. The van der Waals surface area contributed by atoms with E-state index >= 15 is 0 Å². The van der Waals surface area contributed by atoms with E-state index < -0.39 is 43.1 Å². The van der Waals surface area contributed by atoms with E-state index in [0.29, 0.717) is 18.7 Å². The number of nitrogens with one attached hydrogen (secondary N) is 2. The largest absolute Gasteiger partial charge is 0.394 e. The number of rotatable bonds is 9. The van der Waals surface area contributed by atoms with Crippen molar-refractivity contribution in [3.63, 3.8) is 0 Å². The molecule has 168 valence electrons. The maximum Gasteiger partial charge on any atom is 0.246 e. The number of hydrogen-bond acceptors (Lipinski definition) is 9. The minimum atomic E-state index is -1.12. The summed E-state index contributed by atoms with van der Waals surface area (Å²) < 4.78 is 17.1. The molecular formula is C19H34N2O8. The molecule has 6 N–H and O–H groups in total. The zero-order valence-corrected chi connectivity index (χ0v) is 17.0. The third-order valence-electron chi connectivity index (χ3n) is 5.28. The van der Waals surface area contributed by atoms with Gasteiger partial charge in [-0.3, -0.25) is 4.79 Å². The average molecular weight is 418 g/mol. The van der Waals surface area contributed by atoms with Crippen LogP contribution in [0.1, 0.15) is 26.7 Å². The second kappa shape index (κ2) is 11.3. The Hall–Kier alpha value is -1.11. The Kier molecular flexibility index (Phi) is 9.44. The Labute approximate surface area is 170 Å². The quantitative estimate of drug-likeness (QED) is 0.189. The number of hydrogen-bond donors (Lipinski definition) is 6. The first-order chi connectivity index (χ1) is 13.7. The first-order valence-corrected chi connectivity index (χ1v) is 9.98. The lowest BCUT2D eigenvalue weighted by atomic mass is 9.93. The van der Waals surface area contributed by atoms with Crippen LogP contribution in [0.15, 0.2) is 12.2 Å². The highest BCUT2D eigenvalue weighted by atomic mass is 16.7. The number of carbonyl (C=O) groups is 1. The van der Waals surface area contributed by atoms with Crippen LogP contribution in [0.2, 0.25) is 0 Å². The van der Waals surface area contributed by atoms with Crippen molar-refractivity contribution in [3.05, 3.63) is 12.2 Å². The van der Waals surface area contributed by atoms with Crippen LogP contribution in [-0.2, 0) is 19.0 Å². The molecule has 2 aliphatic rings. The van der Waals surface area contributed by atoms with Crippen LogP contribution in [-0.4, -0.2) is 95.7 Å². The lowest BCUT2D eigenvalue weighted by Crippen LogP contribution is -2.56. The van der Waals surface area contributed by atoms with Crippen molar-refractivity contribution in [2.45, 2.75) is 69.8 Å². The van der Waals surface area contributed by atoms with Crippen molar-refractivity contribution >= 4 is 5.91 Å². The zero-order valence-electron chi connectivity index (χ0n) is 17.0. The summed E-state index contributed by atoms with van der Waals surface area (Å²) in [6, 6.07) is 0. The third kappa shape index (κ3) is 6.97. The van der Waals surface area contributed by atoms with E-state index in [1.54, 1.807) is 13.8 Å². The molecule has 0 aromatic heterocycles. The second-order valence-corrected chi connectivity index (χ2v) is 7.72. The predicted molar refractivity (Wildman–Crippen MR) is 103 cm³/mol. The lowest BCUT2D eigenvalue weighted by molar-refractivity contribution is -0.306. The third-order valence-corrected chi connectivity index (χ3v) is 5.28. The van der Waals surface area contributed by atoms with Crippen molar-refractivity contribution in [1.29, 1.82) is 0 Å². The number of aliphatic hydroxyl groups excluding tert-OH is 4. The fourth-order valence-corrected chi connectivity index (χ4v) is 3.43. The maximum atomic E-state index is 11.5. The highest BCUT2D eigenvalue weighted by molar-refractivity contribution is 5.92. The van der Waals surface area contributed by atoms with Gasteiger partial charge in [0.05, 0.1) is 24.9 Å². The van der Waals surface area contributed by atoms with Gasteiger partial charge in [0.1, 0.15) is 12.2 Å². The molecule has 2 saturated heterocycles. The predicted octanol–water partition coefficient (Wildman–Crippen LogP) is -1.77. The smallest absolute Gasteiger partial charge is 0.246 e. The summed E-state index contributed by atoms with van der Waals surface area (Å²) in [5.74, 6) is -0.463. The number of ether oxygens (including phenoxy) is 3. The van der Waals surface area contributed by atoms with Crippen LogP contribution in [0.3, 0.4) is 0 Å². The van der Waals surface area contributed by atoms with Crippen molar-refractivity contribution < 1.29 is 39.4 Å². The van der Waals surface area contributed by atoms with Gasteiger partial charge in [-0.05, 0) is 6.92 Å². The SMILES string of the molecule is C=C(C)C(=O)NCCNCC1OC(O)CC(O)C1OC1CC(O)C(C)C(CO)O1. The van der Waals surface area contributed by atoms with Crippen LogP contribution in [0.4, 0.5) is 0 Å². The molecule has 2 fully saturated rings. The summed E-state index contributed by atoms with van der Waals surface area (Å²) in [6.07, 6.45) is -5.45. The summed E-state index contributed by atoms with van der Waals surface area (Å²) in [6.45, 7) is 7.80. The van der Waals surface area contributed by atoms with Gasteiger partial charge in [0.15, 0.2) is 12.6 Å². The van der Waals surface area contributed by atoms with Crippen molar-refractivity contribution in [1.82, 2.24) is 10.6 Å². The number of amides is 1. The molecule has 0 aromatic rings. The molecule has 2 heterocycles. The van der Waals surface area contributed by atoms with Gasteiger partial charge in [0, 0.05) is 44.0 Å². The van der Waals surface area contributed by atoms with Crippen LogP contribution in [0.5, 0.6) is 0 Å². The fourth-order valence-electron chi connectivity index (χ4n) is 3.43. The molecule has 10 heteroatoms. The Morgan fingerprint density at radius 3 is 2.52 bits per heavy atom.